The molecule has 0 aliphatic carbocycles. The monoisotopic (exact) mass is 265 g/mol. The van der Waals surface area contributed by atoms with E-state index in [9.17, 15) is 0 Å². The van der Waals surface area contributed by atoms with Gasteiger partial charge in [-0.15, -0.1) is 0 Å². The standard InChI is InChI=1S/C10H20BrNS/c1-9(2)10(7-11)8-12-3-5-13-6-4-12/h9-10H,3-8H2,1-2H3. The van der Waals surface area contributed by atoms with Crippen molar-refractivity contribution in [3.8, 4) is 0 Å². The fraction of sp³-hybridized carbons (Fsp3) is 1.00. The molecule has 0 aromatic carbocycles. The van der Waals surface area contributed by atoms with Crippen LogP contribution in [0, 0.1) is 11.8 Å². The summed E-state index contributed by atoms with van der Waals surface area (Å²) in [6, 6.07) is 0. The highest BCUT2D eigenvalue weighted by Crippen LogP contribution is 2.17. The molecule has 1 fully saturated rings. The van der Waals surface area contributed by atoms with Crippen LogP contribution in [0.4, 0.5) is 0 Å². The molecule has 0 bridgehead atoms. The van der Waals surface area contributed by atoms with Gasteiger partial charge in [0.05, 0.1) is 0 Å². The highest BCUT2D eigenvalue weighted by Gasteiger charge is 2.17. The maximum Gasteiger partial charge on any atom is 0.00743 e. The van der Waals surface area contributed by atoms with Crippen molar-refractivity contribution in [3.63, 3.8) is 0 Å². The van der Waals surface area contributed by atoms with Gasteiger partial charge in [-0.25, -0.2) is 0 Å². The van der Waals surface area contributed by atoms with Gasteiger partial charge in [-0.2, -0.15) is 11.8 Å². The molecule has 1 heterocycles. The second-order valence-corrected chi connectivity index (χ2v) is 5.94. The summed E-state index contributed by atoms with van der Waals surface area (Å²) < 4.78 is 0. The maximum absolute atomic E-state index is 3.61. The van der Waals surface area contributed by atoms with Gasteiger partial charge in [0.2, 0.25) is 0 Å². The van der Waals surface area contributed by atoms with Gasteiger partial charge in [-0.3, -0.25) is 0 Å². The summed E-state index contributed by atoms with van der Waals surface area (Å²) in [5, 5.41) is 1.15. The van der Waals surface area contributed by atoms with Gasteiger partial charge in [0.1, 0.15) is 0 Å². The van der Waals surface area contributed by atoms with E-state index in [4.69, 9.17) is 0 Å². The Bertz CT molecular complexity index is 135. The van der Waals surface area contributed by atoms with Crippen LogP contribution in [0.3, 0.4) is 0 Å². The van der Waals surface area contributed by atoms with Crippen molar-refractivity contribution in [2.75, 3.05) is 36.5 Å². The molecule has 0 aromatic heterocycles. The van der Waals surface area contributed by atoms with Crippen LogP contribution in [0.25, 0.3) is 0 Å². The smallest absolute Gasteiger partial charge is 0.00743 e. The van der Waals surface area contributed by atoms with Crippen molar-refractivity contribution in [1.82, 2.24) is 4.90 Å². The van der Waals surface area contributed by atoms with Gasteiger partial charge < -0.3 is 4.90 Å². The quantitative estimate of drug-likeness (QED) is 0.720. The molecular formula is C10H20BrNS. The van der Waals surface area contributed by atoms with Crippen molar-refractivity contribution in [3.05, 3.63) is 0 Å². The third-order valence-corrected chi connectivity index (χ3v) is 4.51. The Labute approximate surface area is 94.8 Å². The number of rotatable bonds is 4. The molecule has 0 aromatic rings. The first-order valence-electron chi connectivity index (χ1n) is 5.10. The molecule has 0 N–H and O–H groups in total. The summed E-state index contributed by atoms with van der Waals surface area (Å²) in [5.74, 6) is 4.28. The van der Waals surface area contributed by atoms with E-state index < -0.39 is 0 Å². The maximum atomic E-state index is 3.61. The Hall–Kier alpha value is 0.790. The average Bonchev–Trinajstić information content (AvgIpc) is 2.15. The molecule has 1 unspecified atom stereocenters. The summed E-state index contributed by atoms with van der Waals surface area (Å²) in [4.78, 5) is 2.61. The Morgan fingerprint density at radius 2 is 1.92 bits per heavy atom. The highest BCUT2D eigenvalue weighted by atomic mass is 79.9. The second kappa shape index (κ2) is 6.31. The minimum Gasteiger partial charge on any atom is -0.301 e. The van der Waals surface area contributed by atoms with E-state index in [1.807, 2.05) is 0 Å². The third kappa shape index (κ3) is 4.22. The molecule has 1 atom stereocenters. The first kappa shape index (κ1) is 11.9. The summed E-state index contributed by atoms with van der Waals surface area (Å²) in [7, 11) is 0. The van der Waals surface area contributed by atoms with E-state index in [1.165, 1.54) is 31.1 Å². The molecule has 13 heavy (non-hydrogen) atoms. The van der Waals surface area contributed by atoms with E-state index >= 15 is 0 Å². The lowest BCUT2D eigenvalue weighted by Crippen LogP contribution is -2.38. The van der Waals surface area contributed by atoms with E-state index in [1.54, 1.807) is 0 Å². The van der Waals surface area contributed by atoms with Gasteiger partial charge in [0.15, 0.2) is 0 Å². The van der Waals surface area contributed by atoms with E-state index in [2.05, 4.69) is 46.4 Å². The summed E-state index contributed by atoms with van der Waals surface area (Å²) in [6.45, 7) is 8.51. The van der Waals surface area contributed by atoms with Crippen LogP contribution in [0.2, 0.25) is 0 Å². The van der Waals surface area contributed by atoms with Crippen molar-refractivity contribution in [2.45, 2.75) is 13.8 Å². The lowest BCUT2D eigenvalue weighted by atomic mass is 9.97. The van der Waals surface area contributed by atoms with E-state index in [-0.39, 0.29) is 0 Å². The first-order chi connectivity index (χ1) is 6.24. The number of nitrogens with zero attached hydrogens (tertiary/aromatic N) is 1. The minimum absolute atomic E-state index is 0.800. The predicted molar refractivity (Wildman–Crippen MR) is 65.9 cm³/mol. The highest BCUT2D eigenvalue weighted by molar-refractivity contribution is 9.09. The van der Waals surface area contributed by atoms with E-state index in [0.717, 1.165) is 17.2 Å². The largest absolute Gasteiger partial charge is 0.301 e. The zero-order valence-electron chi connectivity index (χ0n) is 8.63. The zero-order chi connectivity index (χ0) is 9.68. The zero-order valence-corrected chi connectivity index (χ0v) is 11.0. The van der Waals surface area contributed by atoms with Crippen molar-refractivity contribution >= 4 is 27.7 Å². The molecule has 1 saturated heterocycles. The minimum atomic E-state index is 0.800. The van der Waals surface area contributed by atoms with Crippen molar-refractivity contribution in [1.29, 1.82) is 0 Å². The topological polar surface area (TPSA) is 3.24 Å². The normalized spacial score (nSPS) is 22.2. The van der Waals surface area contributed by atoms with Crippen LogP contribution in [-0.4, -0.2) is 41.4 Å². The molecule has 0 radical (unpaired) electrons. The third-order valence-electron chi connectivity index (χ3n) is 2.74. The lowest BCUT2D eigenvalue weighted by Gasteiger charge is -2.31. The molecule has 1 nitrogen and oxygen atoms in total. The number of hydrogen-bond donors (Lipinski definition) is 0. The van der Waals surface area contributed by atoms with Gasteiger partial charge >= 0.3 is 0 Å². The molecule has 78 valence electrons. The second-order valence-electron chi connectivity index (χ2n) is 4.07. The van der Waals surface area contributed by atoms with Crippen LogP contribution in [-0.2, 0) is 0 Å². The summed E-state index contributed by atoms with van der Waals surface area (Å²) in [6.07, 6.45) is 0. The molecule has 1 rings (SSSR count). The molecular weight excluding hydrogens is 246 g/mol. The first-order valence-corrected chi connectivity index (χ1v) is 7.37. The molecule has 0 saturated carbocycles. The number of halogens is 1. The number of thioether (sulfide) groups is 1. The fourth-order valence-corrected chi connectivity index (χ4v) is 3.48. The van der Waals surface area contributed by atoms with Crippen LogP contribution in [0.15, 0.2) is 0 Å². The number of alkyl halides is 1. The van der Waals surface area contributed by atoms with Gasteiger partial charge in [-0.1, -0.05) is 29.8 Å². The lowest BCUT2D eigenvalue weighted by molar-refractivity contribution is 0.232. The number of hydrogen-bond acceptors (Lipinski definition) is 2. The van der Waals surface area contributed by atoms with Gasteiger partial charge in [0, 0.05) is 36.5 Å². The molecule has 0 spiro atoms. The molecule has 3 heteroatoms. The van der Waals surface area contributed by atoms with Gasteiger partial charge in [-0.05, 0) is 11.8 Å². The Balaban J connectivity index is 2.27. The van der Waals surface area contributed by atoms with Crippen LogP contribution in [0.5, 0.6) is 0 Å². The Kier molecular flexibility index (Phi) is 5.75. The van der Waals surface area contributed by atoms with Crippen molar-refractivity contribution < 1.29 is 0 Å². The predicted octanol–water partition coefficient (Wildman–Crippen LogP) is 2.70. The average molecular weight is 266 g/mol. The summed E-state index contributed by atoms with van der Waals surface area (Å²) >= 11 is 5.70. The van der Waals surface area contributed by atoms with Crippen LogP contribution < -0.4 is 0 Å². The van der Waals surface area contributed by atoms with Crippen molar-refractivity contribution in [2.24, 2.45) is 11.8 Å². The Morgan fingerprint density at radius 1 is 1.31 bits per heavy atom. The van der Waals surface area contributed by atoms with Crippen LogP contribution in [0.1, 0.15) is 13.8 Å². The Morgan fingerprint density at radius 3 is 2.38 bits per heavy atom. The van der Waals surface area contributed by atoms with Crippen LogP contribution >= 0.6 is 27.7 Å². The molecule has 1 aliphatic rings. The van der Waals surface area contributed by atoms with Gasteiger partial charge in [0.25, 0.3) is 0 Å². The fourth-order valence-electron chi connectivity index (χ4n) is 1.55. The SMILES string of the molecule is CC(C)C(CBr)CN1CCSCC1. The molecule has 0 amide bonds. The molecule has 1 aliphatic heterocycles. The summed E-state index contributed by atoms with van der Waals surface area (Å²) in [5.41, 5.74) is 0. The van der Waals surface area contributed by atoms with E-state index in [0.29, 0.717) is 0 Å².